The van der Waals surface area contributed by atoms with E-state index in [-0.39, 0.29) is 0 Å². The van der Waals surface area contributed by atoms with Crippen molar-refractivity contribution >= 4 is 21.9 Å². The first-order valence-corrected chi connectivity index (χ1v) is 6.76. The van der Waals surface area contributed by atoms with Crippen LogP contribution in [0.2, 0.25) is 0 Å². The molecule has 0 saturated carbocycles. The summed E-state index contributed by atoms with van der Waals surface area (Å²) in [5, 5.41) is 14.0. The van der Waals surface area contributed by atoms with Crippen LogP contribution in [0.25, 0.3) is 33.5 Å². The van der Waals surface area contributed by atoms with Gasteiger partial charge in [0.05, 0.1) is 28.4 Å². The molecule has 0 bridgehead atoms. The van der Waals surface area contributed by atoms with E-state index in [1.165, 1.54) is 6.26 Å². The molecule has 0 saturated heterocycles. The van der Waals surface area contributed by atoms with Gasteiger partial charge in [0.2, 0.25) is 0 Å². The molecule has 106 valence electrons. The summed E-state index contributed by atoms with van der Waals surface area (Å²) in [6, 6.07) is 9.42. The van der Waals surface area contributed by atoms with E-state index < -0.39 is 0 Å². The molecule has 0 fully saturated rings. The molecule has 3 aromatic heterocycles. The summed E-state index contributed by atoms with van der Waals surface area (Å²) in [4.78, 5) is 9.24. The number of hydrogen-bond donors (Lipinski definition) is 0. The Morgan fingerprint density at radius 3 is 2.82 bits per heavy atom. The zero-order valence-electron chi connectivity index (χ0n) is 12.0. The molecule has 0 unspecified atom stereocenters. The third-order valence-corrected chi connectivity index (χ3v) is 3.77. The predicted octanol–water partition coefficient (Wildman–Crippen LogP) is 2.96. The van der Waals surface area contributed by atoms with E-state index in [4.69, 9.17) is 9.78 Å². The molecule has 22 heavy (non-hydrogen) atoms. The van der Waals surface area contributed by atoms with Crippen LogP contribution in [0.4, 0.5) is 0 Å². The van der Waals surface area contributed by atoms with E-state index in [1.807, 2.05) is 30.7 Å². The first-order valence-electron chi connectivity index (χ1n) is 6.76. The highest BCUT2D eigenvalue weighted by Gasteiger charge is 2.17. The van der Waals surface area contributed by atoms with Crippen molar-refractivity contribution in [2.45, 2.75) is 6.92 Å². The maximum Gasteiger partial charge on any atom is 0.163 e. The van der Waals surface area contributed by atoms with Crippen molar-refractivity contribution in [1.82, 2.24) is 19.7 Å². The second-order valence-corrected chi connectivity index (χ2v) is 5.12. The number of nitrogens with zero attached hydrogens (tertiary/aromatic N) is 5. The monoisotopic (exact) mass is 289 g/mol. The molecular weight excluding hydrogens is 278 g/mol. The minimum atomic E-state index is 0.601. The summed E-state index contributed by atoms with van der Waals surface area (Å²) in [6.45, 7) is 1.93. The minimum Gasteiger partial charge on any atom is -0.364 e. The maximum atomic E-state index is 9.13. The van der Waals surface area contributed by atoms with E-state index in [0.717, 1.165) is 27.6 Å². The second-order valence-electron chi connectivity index (χ2n) is 5.12. The van der Waals surface area contributed by atoms with Gasteiger partial charge in [-0.25, -0.2) is 4.98 Å². The third-order valence-electron chi connectivity index (χ3n) is 3.77. The fourth-order valence-electron chi connectivity index (χ4n) is 2.74. The lowest BCUT2D eigenvalue weighted by molar-refractivity contribution is 0.421. The van der Waals surface area contributed by atoms with Gasteiger partial charge in [0.1, 0.15) is 17.5 Å². The number of hydrogen-bond acceptors (Lipinski definition) is 5. The molecule has 0 atom stereocenters. The first-order chi connectivity index (χ1) is 10.7. The molecule has 0 radical (unpaired) electrons. The van der Waals surface area contributed by atoms with Crippen LogP contribution in [0, 0.1) is 18.3 Å². The molecule has 6 nitrogen and oxygen atoms in total. The molecule has 1 aromatic carbocycles. The van der Waals surface area contributed by atoms with Crippen molar-refractivity contribution in [3.05, 3.63) is 41.8 Å². The Hall–Kier alpha value is -3.20. The van der Waals surface area contributed by atoms with Gasteiger partial charge >= 0.3 is 0 Å². The molecule has 4 rings (SSSR count). The molecule has 0 amide bonds. The van der Waals surface area contributed by atoms with E-state index in [1.54, 1.807) is 12.1 Å². The summed E-state index contributed by atoms with van der Waals surface area (Å²) in [5.41, 5.74) is 4.71. The zero-order valence-corrected chi connectivity index (χ0v) is 12.0. The van der Waals surface area contributed by atoms with Crippen molar-refractivity contribution in [2.24, 2.45) is 7.05 Å². The Bertz CT molecular complexity index is 1050. The maximum absolute atomic E-state index is 9.13. The lowest BCUT2D eigenvalue weighted by atomic mass is 10.1. The average molecular weight is 289 g/mol. The minimum absolute atomic E-state index is 0.601. The van der Waals surface area contributed by atoms with Gasteiger partial charge in [-0.2, -0.15) is 5.26 Å². The molecule has 0 aliphatic rings. The Balaban J connectivity index is 2.18. The second kappa shape index (κ2) is 4.40. The standard InChI is InChI=1S/C16H11N5O/c1-9-14-15(11-7-10(8-17)3-4-12(11)18-9)21(2)16(19-14)13-5-6-22-20-13/h3-7H,1-2H3. The van der Waals surface area contributed by atoms with Gasteiger partial charge in [-0.05, 0) is 25.1 Å². The summed E-state index contributed by atoms with van der Waals surface area (Å²) in [7, 11) is 1.93. The highest BCUT2D eigenvalue weighted by molar-refractivity contribution is 6.04. The lowest BCUT2D eigenvalue weighted by Gasteiger charge is -2.05. The summed E-state index contributed by atoms with van der Waals surface area (Å²) < 4.78 is 6.88. The number of aromatic nitrogens is 4. The van der Waals surface area contributed by atoms with E-state index in [9.17, 15) is 0 Å². The van der Waals surface area contributed by atoms with E-state index >= 15 is 0 Å². The molecule has 0 aliphatic carbocycles. The van der Waals surface area contributed by atoms with E-state index in [2.05, 4.69) is 21.2 Å². The van der Waals surface area contributed by atoms with Gasteiger partial charge in [-0.3, -0.25) is 4.98 Å². The molecule has 4 aromatic rings. The number of fused-ring (bicyclic) bond motifs is 3. The van der Waals surface area contributed by atoms with Crippen molar-refractivity contribution in [3.8, 4) is 17.6 Å². The van der Waals surface area contributed by atoms with Crippen molar-refractivity contribution in [1.29, 1.82) is 5.26 Å². The molecule has 0 spiro atoms. The fourth-order valence-corrected chi connectivity index (χ4v) is 2.74. The molecule has 3 heterocycles. The van der Waals surface area contributed by atoms with Crippen LogP contribution in [0.3, 0.4) is 0 Å². The van der Waals surface area contributed by atoms with Crippen LogP contribution in [0.15, 0.2) is 35.1 Å². The number of rotatable bonds is 1. The van der Waals surface area contributed by atoms with Crippen molar-refractivity contribution in [2.75, 3.05) is 0 Å². The van der Waals surface area contributed by atoms with Crippen LogP contribution in [0.5, 0.6) is 0 Å². The van der Waals surface area contributed by atoms with Gasteiger partial charge < -0.3 is 9.09 Å². The first kappa shape index (κ1) is 12.5. The van der Waals surface area contributed by atoms with Gasteiger partial charge in [-0.15, -0.1) is 0 Å². The number of imidazole rings is 1. The number of nitriles is 1. The van der Waals surface area contributed by atoms with Crippen LogP contribution in [-0.4, -0.2) is 19.7 Å². The zero-order chi connectivity index (χ0) is 15.3. The molecule has 0 aliphatic heterocycles. The Morgan fingerprint density at radius 2 is 2.09 bits per heavy atom. The van der Waals surface area contributed by atoms with Gasteiger partial charge in [-0.1, -0.05) is 5.16 Å². The Labute approximate surface area is 125 Å². The van der Waals surface area contributed by atoms with E-state index in [0.29, 0.717) is 17.1 Å². The van der Waals surface area contributed by atoms with Gasteiger partial charge in [0.15, 0.2) is 5.82 Å². The molecule has 6 heteroatoms. The highest BCUT2D eigenvalue weighted by Crippen LogP contribution is 2.30. The summed E-state index contributed by atoms with van der Waals surface area (Å²) in [6.07, 6.45) is 1.52. The lowest BCUT2D eigenvalue weighted by Crippen LogP contribution is -1.94. The van der Waals surface area contributed by atoms with Crippen LogP contribution < -0.4 is 0 Å². The van der Waals surface area contributed by atoms with Crippen molar-refractivity contribution < 1.29 is 4.52 Å². The molecular formula is C16H11N5O. The number of benzene rings is 1. The summed E-state index contributed by atoms with van der Waals surface area (Å²) >= 11 is 0. The largest absolute Gasteiger partial charge is 0.364 e. The third kappa shape index (κ3) is 1.63. The SMILES string of the molecule is Cc1nc2ccc(C#N)cc2c2c1nc(-c1ccon1)n2C. The van der Waals surface area contributed by atoms with Gasteiger partial charge in [0, 0.05) is 18.5 Å². The normalized spacial score (nSPS) is 11.1. The number of pyridine rings is 1. The topological polar surface area (TPSA) is 80.5 Å². The Kier molecular flexibility index (Phi) is 2.51. The predicted molar refractivity (Wildman–Crippen MR) is 81.0 cm³/mol. The highest BCUT2D eigenvalue weighted by atomic mass is 16.5. The van der Waals surface area contributed by atoms with Crippen LogP contribution in [-0.2, 0) is 7.05 Å². The fraction of sp³-hybridized carbons (Fsp3) is 0.125. The van der Waals surface area contributed by atoms with Crippen LogP contribution in [0.1, 0.15) is 11.3 Å². The van der Waals surface area contributed by atoms with Gasteiger partial charge in [0.25, 0.3) is 0 Å². The summed E-state index contributed by atoms with van der Waals surface area (Å²) in [5.74, 6) is 0.712. The Morgan fingerprint density at radius 1 is 1.23 bits per heavy atom. The molecule has 0 N–H and O–H groups in total. The van der Waals surface area contributed by atoms with Crippen molar-refractivity contribution in [3.63, 3.8) is 0 Å². The van der Waals surface area contributed by atoms with Crippen LogP contribution >= 0.6 is 0 Å². The quantitative estimate of drug-likeness (QED) is 0.538. The number of aryl methyl sites for hydroxylation is 2. The average Bonchev–Trinajstić information content (AvgIpc) is 3.15. The smallest absolute Gasteiger partial charge is 0.163 e.